The second-order valence-electron chi connectivity index (χ2n) is 7.35. The van der Waals surface area contributed by atoms with Gasteiger partial charge in [0.15, 0.2) is 11.5 Å². The number of aryl methyl sites for hydroxylation is 1. The van der Waals surface area contributed by atoms with Gasteiger partial charge in [0.25, 0.3) is 0 Å². The lowest BCUT2D eigenvalue weighted by atomic mass is 10.1. The zero-order chi connectivity index (χ0) is 21.4. The summed E-state index contributed by atoms with van der Waals surface area (Å²) in [5.41, 5.74) is 4.74. The highest BCUT2D eigenvalue weighted by Crippen LogP contribution is 2.27. The summed E-state index contributed by atoms with van der Waals surface area (Å²) in [4.78, 5) is 2.09. The molecule has 0 fully saturated rings. The second kappa shape index (κ2) is 7.85. The number of nitrogens with zero attached hydrogens (tertiary/aromatic N) is 7. The van der Waals surface area contributed by atoms with Crippen molar-refractivity contribution in [2.45, 2.75) is 13.5 Å². The molecule has 3 heterocycles. The van der Waals surface area contributed by atoms with Crippen molar-refractivity contribution in [1.82, 2.24) is 29.6 Å². The molecule has 2 aromatic carbocycles. The fourth-order valence-corrected chi connectivity index (χ4v) is 3.64. The second-order valence-corrected chi connectivity index (χ2v) is 7.79. The van der Waals surface area contributed by atoms with Crippen LogP contribution < -0.4 is 4.90 Å². The maximum absolute atomic E-state index is 6.10. The van der Waals surface area contributed by atoms with E-state index < -0.39 is 0 Å². The molecule has 0 saturated carbocycles. The van der Waals surface area contributed by atoms with Crippen LogP contribution in [0.15, 0.2) is 72.9 Å². The van der Waals surface area contributed by atoms with Crippen LogP contribution in [-0.2, 0) is 6.54 Å². The summed E-state index contributed by atoms with van der Waals surface area (Å²) in [5, 5.41) is 18.5. The van der Waals surface area contributed by atoms with Gasteiger partial charge < -0.3 is 4.90 Å². The molecule has 0 aliphatic heterocycles. The summed E-state index contributed by atoms with van der Waals surface area (Å²) in [7, 11) is 2.01. The topological polar surface area (TPSA) is 64.1 Å². The van der Waals surface area contributed by atoms with Crippen molar-refractivity contribution in [2.24, 2.45) is 0 Å². The van der Waals surface area contributed by atoms with E-state index in [0.717, 1.165) is 39.8 Å². The van der Waals surface area contributed by atoms with Crippen molar-refractivity contribution in [3.8, 4) is 16.9 Å². The van der Waals surface area contributed by atoms with E-state index in [9.17, 15) is 0 Å². The molecule has 8 heteroatoms. The molecule has 7 nitrogen and oxygen atoms in total. The Kier molecular flexibility index (Phi) is 4.88. The predicted molar refractivity (Wildman–Crippen MR) is 122 cm³/mol. The van der Waals surface area contributed by atoms with Crippen LogP contribution in [0.5, 0.6) is 0 Å². The van der Waals surface area contributed by atoms with Gasteiger partial charge in [-0.1, -0.05) is 41.9 Å². The SMILES string of the molecule is Cc1nnc2ccc(N(C)Cc3cn(-c4ccccc4)nc3-c3ccc(Cl)cc3)nn12. The van der Waals surface area contributed by atoms with Gasteiger partial charge in [0.2, 0.25) is 0 Å². The third-order valence-electron chi connectivity index (χ3n) is 5.13. The van der Waals surface area contributed by atoms with Crippen molar-refractivity contribution in [3.63, 3.8) is 0 Å². The van der Waals surface area contributed by atoms with Crippen molar-refractivity contribution < 1.29 is 0 Å². The van der Waals surface area contributed by atoms with Gasteiger partial charge in [-0.25, -0.2) is 4.68 Å². The van der Waals surface area contributed by atoms with E-state index in [1.54, 1.807) is 4.52 Å². The number of hydrogen-bond acceptors (Lipinski definition) is 5. The molecule has 0 N–H and O–H groups in total. The highest BCUT2D eigenvalue weighted by atomic mass is 35.5. The first kappa shape index (κ1) is 19.3. The van der Waals surface area contributed by atoms with Gasteiger partial charge in [0, 0.05) is 35.9 Å². The Morgan fingerprint density at radius 2 is 1.68 bits per heavy atom. The third-order valence-corrected chi connectivity index (χ3v) is 5.38. The molecule has 5 aromatic rings. The summed E-state index contributed by atoms with van der Waals surface area (Å²) in [6, 6.07) is 21.7. The molecule has 0 atom stereocenters. The number of para-hydroxylation sites is 1. The average Bonchev–Trinajstić information content (AvgIpc) is 3.38. The zero-order valence-corrected chi connectivity index (χ0v) is 17.9. The van der Waals surface area contributed by atoms with E-state index >= 15 is 0 Å². The monoisotopic (exact) mass is 429 g/mol. The Morgan fingerprint density at radius 1 is 0.903 bits per heavy atom. The predicted octanol–water partition coefficient (Wildman–Crippen LogP) is 4.58. The molecule has 31 heavy (non-hydrogen) atoms. The normalized spacial score (nSPS) is 11.2. The van der Waals surface area contributed by atoms with Gasteiger partial charge in [0.1, 0.15) is 5.82 Å². The number of rotatable bonds is 5. The van der Waals surface area contributed by atoms with E-state index in [2.05, 4.69) is 26.4 Å². The van der Waals surface area contributed by atoms with E-state index in [-0.39, 0.29) is 0 Å². The van der Waals surface area contributed by atoms with Crippen LogP contribution in [0.2, 0.25) is 5.02 Å². The highest BCUT2D eigenvalue weighted by molar-refractivity contribution is 6.30. The largest absolute Gasteiger partial charge is 0.354 e. The third kappa shape index (κ3) is 3.75. The minimum absolute atomic E-state index is 0.629. The number of aromatic nitrogens is 6. The highest BCUT2D eigenvalue weighted by Gasteiger charge is 2.16. The van der Waals surface area contributed by atoms with Gasteiger partial charge >= 0.3 is 0 Å². The lowest BCUT2D eigenvalue weighted by molar-refractivity contribution is 0.819. The van der Waals surface area contributed by atoms with Gasteiger partial charge in [0.05, 0.1) is 11.4 Å². The van der Waals surface area contributed by atoms with E-state index in [1.807, 2.05) is 85.4 Å². The van der Waals surface area contributed by atoms with Gasteiger partial charge in [-0.2, -0.15) is 9.61 Å². The van der Waals surface area contributed by atoms with E-state index in [1.165, 1.54) is 0 Å². The number of hydrogen-bond donors (Lipinski definition) is 0. The minimum Gasteiger partial charge on any atom is -0.354 e. The molecule has 0 amide bonds. The van der Waals surface area contributed by atoms with Crippen LogP contribution in [0.4, 0.5) is 5.82 Å². The van der Waals surface area contributed by atoms with Gasteiger partial charge in [-0.15, -0.1) is 15.3 Å². The van der Waals surface area contributed by atoms with Crippen LogP contribution in [-0.4, -0.2) is 36.6 Å². The summed E-state index contributed by atoms with van der Waals surface area (Å²) >= 11 is 6.10. The van der Waals surface area contributed by atoms with Crippen LogP contribution in [0.3, 0.4) is 0 Å². The molecule has 5 rings (SSSR count). The van der Waals surface area contributed by atoms with Crippen LogP contribution in [0.1, 0.15) is 11.4 Å². The fourth-order valence-electron chi connectivity index (χ4n) is 3.52. The Balaban J connectivity index is 1.53. The molecule has 0 aliphatic rings. The van der Waals surface area contributed by atoms with Crippen LogP contribution in [0.25, 0.3) is 22.6 Å². The smallest absolute Gasteiger partial charge is 0.178 e. The Bertz CT molecular complexity index is 1340. The van der Waals surface area contributed by atoms with Crippen molar-refractivity contribution in [2.75, 3.05) is 11.9 Å². The summed E-state index contributed by atoms with van der Waals surface area (Å²) in [6.45, 7) is 2.52. The molecule has 3 aromatic heterocycles. The Hall–Kier alpha value is -3.71. The summed E-state index contributed by atoms with van der Waals surface area (Å²) in [6.07, 6.45) is 2.07. The van der Waals surface area contributed by atoms with Crippen LogP contribution in [0, 0.1) is 6.92 Å². The standard InChI is InChI=1S/C23H20ClN7/c1-16-25-26-21-12-13-22(27-31(16)21)29(2)14-18-15-30(20-6-4-3-5-7-20)28-23(18)17-8-10-19(24)11-9-17/h3-13,15H,14H2,1-2H3. The first-order valence-electron chi connectivity index (χ1n) is 9.88. The van der Waals surface area contributed by atoms with Gasteiger partial charge in [-0.05, 0) is 43.3 Å². The Labute approximate surface area is 184 Å². The summed E-state index contributed by atoms with van der Waals surface area (Å²) in [5.74, 6) is 1.58. The van der Waals surface area contributed by atoms with Crippen LogP contribution >= 0.6 is 11.6 Å². The quantitative estimate of drug-likeness (QED) is 0.409. The molecule has 0 aliphatic carbocycles. The molecule has 0 spiro atoms. The molecule has 0 saturated heterocycles. The van der Waals surface area contributed by atoms with E-state index in [4.69, 9.17) is 16.7 Å². The van der Waals surface area contributed by atoms with Crippen molar-refractivity contribution in [3.05, 3.63) is 89.3 Å². The molecule has 0 unspecified atom stereocenters. The van der Waals surface area contributed by atoms with Gasteiger partial charge in [-0.3, -0.25) is 0 Å². The zero-order valence-electron chi connectivity index (χ0n) is 17.1. The molecule has 154 valence electrons. The summed E-state index contributed by atoms with van der Waals surface area (Å²) < 4.78 is 3.66. The van der Waals surface area contributed by atoms with Crippen molar-refractivity contribution in [1.29, 1.82) is 0 Å². The lowest BCUT2D eigenvalue weighted by Gasteiger charge is -2.18. The molecular formula is C23H20ClN7. The fraction of sp³-hybridized carbons (Fsp3) is 0.130. The number of benzene rings is 2. The molecule has 0 bridgehead atoms. The Morgan fingerprint density at radius 3 is 2.45 bits per heavy atom. The average molecular weight is 430 g/mol. The van der Waals surface area contributed by atoms with Crippen molar-refractivity contribution >= 4 is 23.1 Å². The number of halogens is 1. The maximum Gasteiger partial charge on any atom is 0.178 e. The number of fused-ring (bicyclic) bond motifs is 1. The van der Waals surface area contributed by atoms with E-state index in [0.29, 0.717) is 11.6 Å². The first-order chi connectivity index (χ1) is 15.1. The lowest BCUT2D eigenvalue weighted by Crippen LogP contribution is -2.19. The number of anilines is 1. The maximum atomic E-state index is 6.10. The molecular weight excluding hydrogens is 410 g/mol. The first-order valence-corrected chi connectivity index (χ1v) is 10.3. The minimum atomic E-state index is 0.629. The molecule has 0 radical (unpaired) electrons.